The van der Waals surface area contributed by atoms with Crippen LogP contribution in [0.3, 0.4) is 0 Å². The quantitative estimate of drug-likeness (QED) is 0.744. The molecule has 136 valence electrons. The van der Waals surface area contributed by atoms with Gasteiger partial charge in [-0.1, -0.05) is 29.3 Å². The third-order valence-corrected chi connectivity index (χ3v) is 4.51. The summed E-state index contributed by atoms with van der Waals surface area (Å²) in [5.74, 6) is 0.285. The molecule has 5 heteroatoms. The third-order valence-electron chi connectivity index (χ3n) is 4.51. The number of amides is 1. The van der Waals surface area contributed by atoms with Crippen molar-refractivity contribution in [2.45, 2.75) is 46.0 Å². The summed E-state index contributed by atoms with van der Waals surface area (Å²) in [5.41, 5.74) is 4.57. The zero-order chi connectivity index (χ0) is 18.4. The minimum Gasteiger partial charge on any atom is -0.354 e. The number of allylic oxidation sites excluding steroid dienone is 1. The van der Waals surface area contributed by atoms with Crippen LogP contribution in [-0.4, -0.2) is 22.4 Å². The van der Waals surface area contributed by atoms with Gasteiger partial charge in [0.15, 0.2) is 0 Å². The van der Waals surface area contributed by atoms with Crippen molar-refractivity contribution < 1.29 is 4.79 Å². The number of nitrogens with zero attached hydrogens (tertiary/aromatic N) is 2. The number of anilines is 2. The van der Waals surface area contributed by atoms with Gasteiger partial charge >= 0.3 is 0 Å². The van der Waals surface area contributed by atoms with Crippen LogP contribution in [0.4, 0.5) is 11.6 Å². The molecule has 0 radical (unpaired) electrons. The number of carbonyl (C=O) groups excluding carboxylic acids is 1. The van der Waals surface area contributed by atoms with Crippen molar-refractivity contribution in [1.82, 2.24) is 9.97 Å². The summed E-state index contributed by atoms with van der Waals surface area (Å²) < 4.78 is 0. The third kappa shape index (κ3) is 5.15. The second-order valence-electron chi connectivity index (χ2n) is 6.82. The molecule has 1 aromatic carbocycles. The summed E-state index contributed by atoms with van der Waals surface area (Å²) in [7, 11) is 0. The number of aryl methyl sites for hydroxylation is 2. The van der Waals surface area contributed by atoms with E-state index in [4.69, 9.17) is 0 Å². The van der Waals surface area contributed by atoms with Crippen molar-refractivity contribution in [2.75, 3.05) is 17.2 Å². The summed E-state index contributed by atoms with van der Waals surface area (Å²) in [4.78, 5) is 21.3. The Morgan fingerprint density at radius 2 is 1.92 bits per heavy atom. The Kier molecular flexibility index (Phi) is 6.00. The first-order valence-corrected chi connectivity index (χ1v) is 9.25. The maximum Gasteiger partial charge on any atom is 0.274 e. The molecule has 3 rings (SSSR count). The Labute approximate surface area is 155 Å². The Hall–Kier alpha value is -2.69. The number of benzene rings is 1. The van der Waals surface area contributed by atoms with E-state index in [9.17, 15) is 4.79 Å². The summed E-state index contributed by atoms with van der Waals surface area (Å²) in [5, 5.41) is 6.14. The van der Waals surface area contributed by atoms with Crippen LogP contribution < -0.4 is 10.6 Å². The van der Waals surface area contributed by atoms with E-state index in [1.807, 2.05) is 38.1 Å². The average molecular weight is 350 g/mol. The van der Waals surface area contributed by atoms with Gasteiger partial charge in [-0.05, 0) is 64.2 Å². The summed E-state index contributed by atoms with van der Waals surface area (Å²) in [6, 6.07) is 9.41. The first-order valence-electron chi connectivity index (χ1n) is 9.25. The first-order chi connectivity index (χ1) is 12.6. The van der Waals surface area contributed by atoms with E-state index in [-0.39, 0.29) is 5.91 Å². The zero-order valence-electron chi connectivity index (χ0n) is 15.5. The molecule has 26 heavy (non-hydrogen) atoms. The van der Waals surface area contributed by atoms with Gasteiger partial charge in [0.1, 0.15) is 5.69 Å². The summed E-state index contributed by atoms with van der Waals surface area (Å²) in [6.45, 7) is 4.67. The zero-order valence-corrected chi connectivity index (χ0v) is 15.5. The molecule has 1 aliphatic rings. The topological polar surface area (TPSA) is 66.9 Å². The fourth-order valence-electron chi connectivity index (χ4n) is 3.06. The Morgan fingerprint density at radius 1 is 1.12 bits per heavy atom. The fourth-order valence-corrected chi connectivity index (χ4v) is 3.06. The molecule has 0 saturated carbocycles. The molecule has 0 fully saturated rings. The van der Waals surface area contributed by atoms with Crippen LogP contribution in [0, 0.1) is 13.8 Å². The molecule has 2 aromatic rings. The van der Waals surface area contributed by atoms with Gasteiger partial charge in [0.2, 0.25) is 5.95 Å². The number of nitrogens with one attached hydrogen (secondary N) is 2. The Bertz CT molecular complexity index is 796. The maximum absolute atomic E-state index is 12.5. The first kappa shape index (κ1) is 18.1. The SMILES string of the molecule is Cc1ccc(NC(=O)c2cc(C)nc(NCCC3=CCCCC3)n2)cc1. The Balaban J connectivity index is 1.61. The molecular formula is C21H26N4O. The second-order valence-corrected chi connectivity index (χ2v) is 6.82. The number of carbonyl (C=O) groups is 1. The van der Waals surface area contributed by atoms with Gasteiger partial charge in [-0.15, -0.1) is 0 Å². The second kappa shape index (κ2) is 8.61. The normalized spacial score (nSPS) is 13.8. The lowest BCUT2D eigenvalue weighted by molar-refractivity contribution is 0.102. The lowest BCUT2D eigenvalue weighted by Gasteiger charge is -2.13. The molecule has 5 nitrogen and oxygen atoms in total. The van der Waals surface area contributed by atoms with E-state index in [0.717, 1.165) is 29.9 Å². The van der Waals surface area contributed by atoms with Crippen LogP contribution >= 0.6 is 0 Å². The van der Waals surface area contributed by atoms with Gasteiger partial charge in [-0.2, -0.15) is 0 Å². The van der Waals surface area contributed by atoms with E-state index in [1.165, 1.54) is 31.3 Å². The van der Waals surface area contributed by atoms with Crippen molar-refractivity contribution in [1.29, 1.82) is 0 Å². The standard InChI is InChI=1S/C21H26N4O/c1-15-8-10-18(11-9-15)24-20(26)19-14-16(2)23-21(25-19)22-13-12-17-6-4-3-5-7-17/h6,8-11,14H,3-5,7,12-13H2,1-2H3,(H,24,26)(H,22,23,25). The highest BCUT2D eigenvalue weighted by Crippen LogP contribution is 2.20. The van der Waals surface area contributed by atoms with Crippen LogP contribution in [0.1, 0.15) is 53.8 Å². The van der Waals surface area contributed by atoms with E-state index in [2.05, 4.69) is 26.7 Å². The van der Waals surface area contributed by atoms with Gasteiger partial charge in [0, 0.05) is 17.9 Å². The predicted octanol–water partition coefficient (Wildman–Crippen LogP) is 4.65. The van der Waals surface area contributed by atoms with E-state index in [1.54, 1.807) is 6.07 Å². The molecule has 0 saturated heterocycles. The monoisotopic (exact) mass is 350 g/mol. The molecule has 1 aromatic heterocycles. The molecule has 0 bridgehead atoms. The largest absolute Gasteiger partial charge is 0.354 e. The van der Waals surface area contributed by atoms with Crippen LogP contribution in [-0.2, 0) is 0 Å². The molecule has 0 aliphatic heterocycles. The van der Waals surface area contributed by atoms with E-state index < -0.39 is 0 Å². The Morgan fingerprint density at radius 3 is 2.65 bits per heavy atom. The van der Waals surface area contributed by atoms with E-state index >= 15 is 0 Å². The smallest absolute Gasteiger partial charge is 0.274 e. The number of aromatic nitrogens is 2. The van der Waals surface area contributed by atoms with Gasteiger partial charge < -0.3 is 10.6 Å². The maximum atomic E-state index is 12.5. The molecular weight excluding hydrogens is 324 g/mol. The van der Waals surface area contributed by atoms with Crippen molar-refractivity contribution >= 4 is 17.5 Å². The van der Waals surface area contributed by atoms with Crippen LogP contribution in [0.15, 0.2) is 42.0 Å². The molecule has 1 heterocycles. The van der Waals surface area contributed by atoms with Crippen molar-refractivity contribution in [3.05, 3.63) is 58.9 Å². The number of hydrogen-bond acceptors (Lipinski definition) is 4. The average Bonchev–Trinajstić information content (AvgIpc) is 2.64. The summed E-state index contributed by atoms with van der Waals surface area (Å²) >= 11 is 0. The number of hydrogen-bond donors (Lipinski definition) is 2. The predicted molar refractivity (Wildman–Crippen MR) is 106 cm³/mol. The highest BCUT2D eigenvalue weighted by molar-refractivity contribution is 6.03. The van der Waals surface area contributed by atoms with Gasteiger partial charge in [-0.3, -0.25) is 4.79 Å². The van der Waals surface area contributed by atoms with Crippen molar-refractivity contribution in [3.8, 4) is 0 Å². The fraction of sp³-hybridized carbons (Fsp3) is 0.381. The minimum atomic E-state index is -0.225. The van der Waals surface area contributed by atoms with E-state index in [0.29, 0.717) is 11.6 Å². The molecule has 2 N–H and O–H groups in total. The lowest BCUT2D eigenvalue weighted by Crippen LogP contribution is -2.16. The van der Waals surface area contributed by atoms with Crippen LogP contribution in [0.2, 0.25) is 0 Å². The van der Waals surface area contributed by atoms with Crippen molar-refractivity contribution in [3.63, 3.8) is 0 Å². The molecule has 0 unspecified atom stereocenters. The molecule has 1 amide bonds. The van der Waals surface area contributed by atoms with Crippen molar-refractivity contribution in [2.24, 2.45) is 0 Å². The summed E-state index contributed by atoms with van der Waals surface area (Å²) in [6.07, 6.45) is 8.33. The lowest BCUT2D eigenvalue weighted by atomic mass is 9.97. The van der Waals surface area contributed by atoms with Crippen LogP contribution in [0.25, 0.3) is 0 Å². The minimum absolute atomic E-state index is 0.225. The highest BCUT2D eigenvalue weighted by Gasteiger charge is 2.11. The van der Waals surface area contributed by atoms with Gasteiger partial charge in [0.05, 0.1) is 0 Å². The van der Waals surface area contributed by atoms with Gasteiger partial charge in [-0.25, -0.2) is 9.97 Å². The molecule has 0 spiro atoms. The van der Waals surface area contributed by atoms with Crippen LogP contribution in [0.5, 0.6) is 0 Å². The van der Waals surface area contributed by atoms with Gasteiger partial charge in [0.25, 0.3) is 5.91 Å². The molecule has 1 aliphatic carbocycles. The molecule has 0 atom stereocenters. The highest BCUT2D eigenvalue weighted by atomic mass is 16.1. The number of rotatable bonds is 6.